The minimum atomic E-state index is 0.558. The Morgan fingerprint density at radius 1 is 1.46 bits per heavy atom. The van der Waals surface area contributed by atoms with Crippen LogP contribution in [0.15, 0.2) is 35.8 Å². The Bertz CT molecular complexity index is 224. The Labute approximate surface area is 80.5 Å². The molecule has 0 N–H and O–H groups in total. The average molecular weight is 182 g/mol. The highest BCUT2D eigenvalue weighted by atomic mass is 16.5. The fourth-order valence-electron chi connectivity index (χ4n) is 0.749. The van der Waals surface area contributed by atoms with Crippen molar-refractivity contribution in [3.05, 3.63) is 35.8 Å². The van der Waals surface area contributed by atoms with Gasteiger partial charge in [0.15, 0.2) is 11.5 Å². The third kappa shape index (κ3) is 4.41. The van der Waals surface area contributed by atoms with Crippen molar-refractivity contribution in [3.63, 3.8) is 0 Å². The second-order valence-corrected chi connectivity index (χ2v) is 2.60. The van der Waals surface area contributed by atoms with Crippen LogP contribution < -0.4 is 0 Å². The Kier molecular flexibility index (Phi) is 5.77. The van der Waals surface area contributed by atoms with Crippen molar-refractivity contribution in [2.75, 3.05) is 13.7 Å². The molecular weight excluding hydrogens is 164 g/mol. The highest BCUT2D eigenvalue weighted by Crippen LogP contribution is 2.12. The first-order valence-corrected chi connectivity index (χ1v) is 4.36. The summed E-state index contributed by atoms with van der Waals surface area (Å²) in [5, 5.41) is 0. The number of allylic oxidation sites excluding steroid dienone is 3. The number of ether oxygens (including phenoxy) is 2. The summed E-state index contributed by atoms with van der Waals surface area (Å²) in [7, 11) is 1.58. The van der Waals surface area contributed by atoms with E-state index in [1.807, 2.05) is 32.9 Å². The molecule has 0 unspecified atom stereocenters. The maximum Gasteiger partial charge on any atom is 0.160 e. The van der Waals surface area contributed by atoms with E-state index < -0.39 is 0 Å². The molecule has 0 amide bonds. The molecule has 0 bridgehead atoms. The Morgan fingerprint density at radius 3 is 2.46 bits per heavy atom. The summed E-state index contributed by atoms with van der Waals surface area (Å²) in [6.45, 7) is 10.3. The summed E-state index contributed by atoms with van der Waals surface area (Å²) in [5.74, 6) is 1.25. The monoisotopic (exact) mass is 182 g/mol. The van der Waals surface area contributed by atoms with Crippen molar-refractivity contribution in [3.8, 4) is 0 Å². The second-order valence-electron chi connectivity index (χ2n) is 2.60. The van der Waals surface area contributed by atoms with Crippen LogP contribution in [0.4, 0.5) is 0 Å². The van der Waals surface area contributed by atoms with Gasteiger partial charge >= 0.3 is 0 Å². The SMILES string of the molecule is C=C(OC)/C(=C\C(C)=C/C)OCC. The molecule has 0 aliphatic heterocycles. The summed E-state index contributed by atoms with van der Waals surface area (Å²) in [6, 6.07) is 0. The van der Waals surface area contributed by atoms with E-state index in [4.69, 9.17) is 9.47 Å². The van der Waals surface area contributed by atoms with Crippen molar-refractivity contribution >= 4 is 0 Å². The number of hydrogen-bond donors (Lipinski definition) is 0. The van der Waals surface area contributed by atoms with Gasteiger partial charge in [-0.3, -0.25) is 0 Å². The van der Waals surface area contributed by atoms with Gasteiger partial charge < -0.3 is 9.47 Å². The van der Waals surface area contributed by atoms with Crippen LogP contribution in [0.5, 0.6) is 0 Å². The van der Waals surface area contributed by atoms with Gasteiger partial charge in [-0.25, -0.2) is 0 Å². The highest BCUT2D eigenvalue weighted by Gasteiger charge is 2.02. The molecule has 0 saturated carbocycles. The van der Waals surface area contributed by atoms with Crippen molar-refractivity contribution in [2.45, 2.75) is 20.8 Å². The third-order valence-electron chi connectivity index (χ3n) is 1.64. The first-order chi connectivity index (χ1) is 6.15. The van der Waals surface area contributed by atoms with E-state index in [-0.39, 0.29) is 0 Å². The molecule has 0 saturated heterocycles. The van der Waals surface area contributed by atoms with Gasteiger partial charge in [0.2, 0.25) is 0 Å². The molecule has 2 heteroatoms. The molecule has 0 fully saturated rings. The fraction of sp³-hybridized carbons (Fsp3) is 0.455. The minimum absolute atomic E-state index is 0.558. The third-order valence-corrected chi connectivity index (χ3v) is 1.64. The van der Waals surface area contributed by atoms with Gasteiger partial charge in [0.05, 0.1) is 13.7 Å². The van der Waals surface area contributed by atoms with Gasteiger partial charge in [-0.2, -0.15) is 0 Å². The molecule has 2 nitrogen and oxygen atoms in total. The molecule has 0 aromatic heterocycles. The maximum atomic E-state index is 5.36. The molecule has 0 spiro atoms. The smallest absolute Gasteiger partial charge is 0.160 e. The van der Waals surface area contributed by atoms with Crippen molar-refractivity contribution in [2.24, 2.45) is 0 Å². The first kappa shape index (κ1) is 11.8. The van der Waals surface area contributed by atoms with E-state index in [0.717, 1.165) is 5.57 Å². The lowest BCUT2D eigenvalue weighted by Crippen LogP contribution is -1.97. The Hall–Kier alpha value is -1.18. The van der Waals surface area contributed by atoms with Crippen LogP contribution in [-0.2, 0) is 9.47 Å². The zero-order chi connectivity index (χ0) is 10.3. The predicted molar refractivity (Wildman–Crippen MR) is 55.3 cm³/mol. The van der Waals surface area contributed by atoms with Crippen LogP contribution >= 0.6 is 0 Å². The van der Waals surface area contributed by atoms with Crippen LogP contribution in [-0.4, -0.2) is 13.7 Å². The molecule has 0 aromatic rings. The topological polar surface area (TPSA) is 18.5 Å². The standard InChI is InChI=1S/C11H18O2/c1-6-9(3)8-11(13-7-2)10(4)12-5/h6,8H,4,7H2,1-3,5H3/b9-6-,11-8+. The van der Waals surface area contributed by atoms with Gasteiger partial charge in [-0.15, -0.1) is 0 Å². The normalized spacial score (nSPS) is 12.6. The van der Waals surface area contributed by atoms with Crippen molar-refractivity contribution in [1.82, 2.24) is 0 Å². The predicted octanol–water partition coefficient (Wildman–Crippen LogP) is 3.03. The fourth-order valence-corrected chi connectivity index (χ4v) is 0.749. The van der Waals surface area contributed by atoms with E-state index >= 15 is 0 Å². The van der Waals surface area contributed by atoms with Crippen LogP contribution in [0.25, 0.3) is 0 Å². The molecule has 0 aliphatic carbocycles. The zero-order valence-electron chi connectivity index (χ0n) is 8.89. The van der Waals surface area contributed by atoms with Crippen molar-refractivity contribution in [1.29, 1.82) is 0 Å². The number of hydrogen-bond acceptors (Lipinski definition) is 2. The quantitative estimate of drug-likeness (QED) is 0.480. The lowest BCUT2D eigenvalue weighted by atomic mass is 10.2. The number of methoxy groups -OCH3 is 1. The maximum absolute atomic E-state index is 5.36. The molecular formula is C11H18O2. The Balaban J connectivity index is 4.59. The summed E-state index contributed by atoms with van der Waals surface area (Å²) < 4.78 is 10.4. The van der Waals surface area contributed by atoms with E-state index in [0.29, 0.717) is 18.1 Å². The molecule has 0 rings (SSSR count). The van der Waals surface area contributed by atoms with Gasteiger partial charge in [-0.1, -0.05) is 18.2 Å². The largest absolute Gasteiger partial charge is 0.493 e. The minimum Gasteiger partial charge on any atom is -0.493 e. The van der Waals surface area contributed by atoms with Crippen molar-refractivity contribution < 1.29 is 9.47 Å². The van der Waals surface area contributed by atoms with E-state index in [9.17, 15) is 0 Å². The molecule has 0 atom stereocenters. The summed E-state index contributed by atoms with van der Waals surface area (Å²) in [4.78, 5) is 0. The molecule has 0 aliphatic rings. The Morgan fingerprint density at radius 2 is 2.08 bits per heavy atom. The van der Waals surface area contributed by atoms with Gasteiger partial charge in [-0.05, 0) is 26.8 Å². The summed E-state index contributed by atoms with van der Waals surface area (Å²) in [6.07, 6.45) is 3.91. The summed E-state index contributed by atoms with van der Waals surface area (Å²) in [5.41, 5.74) is 1.13. The molecule has 74 valence electrons. The summed E-state index contributed by atoms with van der Waals surface area (Å²) >= 11 is 0. The lowest BCUT2D eigenvalue weighted by molar-refractivity contribution is 0.188. The second kappa shape index (κ2) is 6.35. The first-order valence-electron chi connectivity index (χ1n) is 4.36. The van der Waals surface area contributed by atoms with Gasteiger partial charge in [0, 0.05) is 0 Å². The van der Waals surface area contributed by atoms with Gasteiger partial charge in [0.1, 0.15) is 0 Å². The number of rotatable bonds is 5. The average Bonchev–Trinajstić information content (AvgIpc) is 2.15. The van der Waals surface area contributed by atoms with E-state index in [2.05, 4.69) is 6.58 Å². The molecule has 13 heavy (non-hydrogen) atoms. The van der Waals surface area contributed by atoms with Crippen LogP contribution in [0.3, 0.4) is 0 Å². The highest BCUT2D eigenvalue weighted by molar-refractivity contribution is 5.27. The van der Waals surface area contributed by atoms with Crippen LogP contribution in [0, 0.1) is 0 Å². The van der Waals surface area contributed by atoms with Crippen LogP contribution in [0.2, 0.25) is 0 Å². The van der Waals surface area contributed by atoms with E-state index in [1.165, 1.54) is 0 Å². The zero-order valence-corrected chi connectivity index (χ0v) is 8.89. The van der Waals surface area contributed by atoms with Gasteiger partial charge in [0.25, 0.3) is 0 Å². The molecule has 0 radical (unpaired) electrons. The van der Waals surface area contributed by atoms with Crippen LogP contribution in [0.1, 0.15) is 20.8 Å². The lowest BCUT2D eigenvalue weighted by Gasteiger charge is -2.10. The van der Waals surface area contributed by atoms with E-state index in [1.54, 1.807) is 7.11 Å². The molecule has 0 heterocycles. The molecule has 0 aromatic carbocycles.